The fraction of sp³-hybridized carbons (Fsp3) is 0.889. The fourth-order valence-electron chi connectivity index (χ4n) is 0.961. The molecule has 0 amide bonds. The molecule has 0 aliphatic carbocycles. The molecular formula is C9H19NO3S. The average molecular weight is 221 g/mol. The van der Waals surface area contributed by atoms with Gasteiger partial charge in [-0.2, -0.15) is 11.8 Å². The van der Waals surface area contributed by atoms with Gasteiger partial charge in [0.15, 0.2) is 0 Å². The number of rotatable bonds is 8. The summed E-state index contributed by atoms with van der Waals surface area (Å²) < 4.78 is 0. The van der Waals surface area contributed by atoms with Gasteiger partial charge in [-0.15, -0.1) is 0 Å². The van der Waals surface area contributed by atoms with Crippen molar-refractivity contribution < 1.29 is 15.0 Å². The Morgan fingerprint density at radius 2 is 2.14 bits per heavy atom. The van der Waals surface area contributed by atoms with Crippen LogP contribution in [0.25, 0.3) is 0 Å². The van der Waals surface area contributed by atoms with Gasteiger partial charge in [-0.1, -0.05) is 13.8 Å². The van der Waals surface area contributed by atoms with E-state index < -0.39 is 12.0 Å². The van der Waals surface area contributed by atoms with Gasteiger partial charge in [-0.25, -0.2) is 0 Å². The van der Waals surface area contributed by atoms with Crippen molar-refractivity contribution in [3.63, 3.8) is 0 Å². The minimum atomic E-state index is -0.810. The summed E-state index contributed by atoms with van der Waals surface area (Å²) in [6.45, 7) is 4.02. The number of aliphatic hydroxyl groups excluding tert-OH is 1. The largest absolute Gasteiger partial charge is 0.480 e. The van der Waals surface area contributed by atoms with E-state index in [1.807, 2.05) is 13.8 Å². The van der Waals surface area contributed by atoms with E-state index in [0.29, 0.717) is 5.75 Å². The maximum Gasteiger partial charge on any atom is 0.321 e. The molecule has 1 atom stereocenters. The molecule has 0 bridgehead atoms. The third-order valence-electron chi connectivity index (χ3n) is 1.56. The third-order valence-corrected chi connectivity index (χ3v) is 2.71. The maximum absolute atomic E-state index is 10.8. The van der Waals surface area contributed by atoms with Crippen molar-refractivity contribution in [3.8, 4) is 0 Å². The van der Waals surface area contributed by atoms with E-state index in [9.17, 15) is 4.79 Å². The minimum Gasteiger partial charge on any atom is -0.480 e. The second kappa shape index (κ2) is 8.08. The quantitative estimate of drug-likeness (QED) is 0.522. The minimum absolute atomic E-state index is 0.169. The number of nitrogens with one attached hydrogen (secondary N) is 1. The molecule has 0 aromatic heterocycles. The summed E-state index contributed by atoms with van der Waals surface area (Å²) in [7, 11) is 0. The summed E-state index contributed by atoms with van der Waals surface area (Å²) in [4.78, 5) is 10.8. The number of carbonyl (C=O) groups is 1. The summed E-state index contributed by atoms with van der Waals surface area (Å²) in [5.41, 5.74) is 0. The Bertz CT molecular complexity index is 164. The number of hydrogen-bond donors (Lipinski definition) is 3. The summed E-state index contributed by atoms with van der Waals surface area (Å²) in [5.74, 6) is 0.545. The average Bonchev–Trinajstić information content (AvgIpc) is 2.09. The van der Waals surface area contributed by atoms with E-state index in [0.717, 1.165) is 12.2 Å². The van der Waals surface area contributed by atoms with Crippen LogP contribution in [-0.4, -0.2) is 46.4 Å². The molecule has 0 radical (unpaired) electrons. The van der Waals surface area contributed by atoms with E-state index in [-0.39, 0.29) is 12.6 Å². The molecule has 0 aliphatic heterocycles. The van der Waals surface area contributed by atoms with Crippen LogP contribution < -0.4 is 5.32 Å². The molecule has 0 saturated carbocycles. The highest BCUT2D eigenvalue weighted by Gasteiger charge is 2.17. The second-order valence-corrected chi connectivity index (χ2v) is 4.51. The van der Waals surface area contributed by atoms with Crippen LogP contribution in [0.1, 0.15) is 20.3 Å². The monoisotopic (exact) mass is 221 g/mol. The summed E-state index contributed by atoms with van der Waals surface area (Å²) in [6.07, 6.45) is 0.721. The van der Waals surface area contributed by atoms with Gasteiger partial charge in [0.25, 0.3) is 0 Å². The molecule has 1 unspecified atom stereocenters. The zero-order chi connectivity index (χ0) is 11.0. The predicted octanol–water partition coefficient (Wildman–Crippen LogP) is 0.553. The van der Waals surface area contributed by atoms with E-state index in [4.69, 9.17) is 10.2 Å². The number of aliphatic hydroxyl groups is 1. The van der Waals surface area contributed by atoms with Crippen molar-refractivity contribution in [2.45, 2.75) is 32.4 Å². The molecule has 0 aromatic rings. The van der Waals surface area contributed by atoms with Crippen LogP contribution in [0.2, 0.25) is 0 Å². The topological polar surface area (TPSA) is 69.6 Å². The zero-order valence-electron chi connectivity index (χ0n) is 8.69. The van der Waals surface area contributed by atoms with Gasteiger partial charge in [0.2, 0.25) is 0 Å². The molecule has 0 fully saturated rings. The normalized spacial score (nSPS) is 13.1. The number of carboxylic acids is 1. The van der Waals surface area contributed by atoms with Crippen LogP contribution in [0, 0.1) is 0 Å². The van der Waals surface area contributed by atoms with Crippen molar-refractivity contribution >= 4 is 17.7 Å². The molecule has 0 spiro atoms. The van der Waals surface area contributed by atoms with E-state index in [2.05, 4.69) is 5.32 Å². The van der Waals surface area contributed by atoms with Gasteiger partial charge < -0.3 is 15.5 Å². The van der Waals surface area contributed by atoms with Gasteiger partial charge >= 0.3 is 5.97 Å². The lowest BCUT2D eigenvalue weighted by atomic mass is 10.3. The van der Waals surface area contributed by atoms with Crippen molar-refractivity contribution in [1.29, 1.82) is 0 Å². The van der Waals surface area contributed by atoms with Crippen molar-refractivity contribution in [2.75, 3.05) is 18.1 Å². The molecule has 84 valence electrons. The van der Waals surface area contributed by atoms with Gasteiger partial charge in [-0.05, 0) is 12.2 Å². The first-order valence-corrected chi connectivity index (χ1v) is 5.90. The third kappa shape index (κ3) is 7.17. The van der Waals surface area contributed by atoms with E-state index in [1.54, 1.807) is 11.8 Å². The fourth-order valence-corrected chi connectivity index (χ4v) is 1.94. The molecule has 0 aromatic carbocycles. The highest BCUT2D eigenvalue weighted by atomic mass is 32.2. The Hall–Kier alpha value is -0.260. The van der Waals surface area contributed by atoms with E-state index >= 15 is 0 Å². The first-order chi connectivity index (χ1) is 6.57. The Balaban J connectivity index is 3.68. The van der Waals surface area contributed by atoms with Gasteiger partial charge in [-0.3, -0.25) is 4.79 Å². The van der Waals surface area contributed by atoms with Crippen LogP contribution in [0.3, 0.4) is 0 Å². The predicted molar refractivity (Wildman–Crippen MR) is 58.7 cm³/mol. The van der Waals surface area contributed by atoms with Crippen LogP contribution in [-0.2, 0) is 4.79 Å². The van der Waals surface area contributed by atoms with Crippen LogP contribution >= 0.6 is 11.8 Å². The molecule has 0 saturated heterocycles. The Kier molecular flexibility index (Phi) is 7.93. The standard InChI is InChI=1S/C9H19NO3S/c1-7(2)10-8(9(12)13)6-14-5-3-4-11/h7-8,10-11H,3-6H2,1-2H3,(H,12,13). The smallest absolute Gasteiger partial charge is 0.321 e. The van der Waals surface area contributed by atoms with Crippen LogP contribution in [0.4, 0.5) is 0 Å². The number of hydrogen-bond acceptors (Lipinski definition) is 4. The molecule has 5 heteroatoms. The highest BCUT2D eigenvalue weighted by Crippen LogP contribution is 2.05. The second-order valence-electron chi connectivity index (χ2n) is 3.36. The van der Waals surface area contributed by atoms with Crippen LogP contribution in [0.5, 0.6) is 0 Å². The Morgan fingerprint density at radius 1 is 1.50 bits per heavy atom. The number of thioether (sulfide) groups is 1. The van der Waals surface area contributed by atoms with Gasteiger partial charge in [0, 0.05) is 18.4 Å². The molecule has 0 aliphatic rings. The molecule has 0 rings (SSSR count). The first-order valence-electron chi connectivity index (χ1n) is 4.75. The summed E-state index contributed by atoms with van der Waals surface area (Å²) >= 11 is 1.55. The number of aliphatic carboxylic acids is 1. The van der Waals surface area contributed by atoms with Gasteiger partial charge in [0.05, 0.1) is 0 Å². The lowest BCUT2D eigenvalue weighted by molar-refractivity contribution is -0.139. The molecule has 14 heavy (non-hydrogen) atoms. The summed E-state index contributed by atoms with van der Waals surface area (Å²) in [5, 5.41) is 20.4. The Morgan fingerprint density at radius 3 is 2.57 bits per heavy atom. The van der Waals surface area contributed by atoms with E-state index in [1.165, 1.54) is 0 Å². The van der Waals surface area contributed by atoms with Gasteiger partial charge in [0.1, 0.15) is 6.04 Å². The number of carboxylic acid groups (broad SMARTS) is 1. The molecular weight excluding hydrogens is 202 g/mol. The molecule has 4 nitrogen and oxygen atoms in total. The molecule has 3 N–H and O–H groups in total. The SMILES string of the molecule is CC(C)NC(CSCCCO)C(=O)O. The van der Waals surface area contributed by atoms with Crippen molar-refractivity contribution in [1.82, 2.24) is 5.32 Å². The zero-order valence-corrected chi connectivity index (χ0v) is 9.51. The molecule has 0 heterocycles. The lowest BCUT2D eigenvalue weighted by Gasteiger charge is -2.16. The maximum atomic E-state index is 10.8. The Labute approximate surface area is 89.1 Å². The highest BCUT2D eigenvalue weighted by molar-refractivity contribution is 7.99. The summed E-state index contributed by atoms with van der Waals surface area (Å²) in [6, 6.07) is -0.312. The first kappa shape index (κ1) is 13.7. The van der Waals surface area contributed by atoms with Crippen LogP contribution in [0.15, 0.2) is 0 Å². The van der Waals surface area contributed by atoms with Crippen molar-refractivity contribution in [2.24, 2.45) is 0 Å². The lowest BCUT2D eigenvalue weighted by Crippen LogP contribution is -2.42. The van der Waals surface area contributed by atoms with Crippen molar-refractivity contribution in [3.05, 3.63) is 0 Å².